The van der Waals surface area contributed by atoms with Gasteiger partial charge in [0.1, 0.15) is 5.76 Å². The van der Waals surface area contributed by atoms with Gasteiger partial charge in [-0.3, -0.25) is 4.79 Å². The zero-order valence-electron chi connectivity index (χ0n) is 10.5. The number of carbonyl (C=O) groups is 1. The Bertz CT molecular complexity index is 569. The first-order chi connectivity index (χ1) is 8.65. The average molecular weight is 246 g/mol. The highest BCUT2D eigenvalue weighted by atomic mass is 16.5. The van der Waals surface area contributed by atoms with E-state index in [1.807, 2.05) is 12.1 Å². The Morgan fingerprint density at radius 3 is 2.33 bits per heavy atom. The number of ketones is 1. The van der Waals surface area contributed by atoms with Gasteiger partial charge < -0.3 is 13.9 Å². The van der Waals surface area contributed by atoms with Gasteiger partial charge in [-0.2, -0.15) is 0 Å². The molecule has 0 atom stereocenters. The highest BCUT2D eigenvalue weighted by Crippen LogP contribution is 2.32. The summed E-state index contributed by atoms with van der Waals surface area (Å²) < 4.78 is 15.8. The molecule has 4 nitrogen and oxygen atoms in total. The molecular weight excluding hydrogens is 232 g/mol. The topological polar surface area (TPSA) is 48.7 Å². The number of hydrogen-bond acceptors (Lipinski definition) is 4. The Morgan fingerprint density at radius 1 is 1.06 bits per heavy atom. The van der Waals surface area contributed by atoms with Crippen LogP contribution in [0, 0.1) is 0 Å². The lowest BCUT2D eigenvalue weighted by molar-refractivity contribution is 0.0988. The maximum absolute atomic E-state index is 11.2. The lowest BCUT2D eigenvalue weighted by atomic mass is 10.1. The summed E-state index contributed by atoms with van der Waals surface area (Å²) in [5.74, 6) is 2.15. The maximum atomic E-state index is 11.2. The van der Waals surface area contributed by atoms with Crippen molar-refractivity contribution in [2.75, 3.05) is 14.2 Å². The molecule has 1 heterocycles. The van der Waals surface area contributed by atoms with Gasteiger partial charge in [0.15, 0.2) is 23.0 Å². The molecule has 0 bridgehead atoms. The lowest BCUT2D eigenvalue weighted by Crippen LogP contribution is -1.90. The van der Waals surface area contributed by atoms with Gasteiger partial charge in [-0.15, -0.1) is 0 Å². The van der Waals surface area contributed by atoms with Gasteiger partial charge in [0, 0.05) is 12.5 Å². The van der Waals surface area contributed by atoms with E-state index < -0.39 is 0 Å². The van der Waals surface area contributed by atoms with Crippen molar-refractivity contribution in [1.29, 1.82) is 0 Å². The predicted molar refractivity (Wildman–Crippen MR) is 67.3 cm³/mol. The molecule has 94 valence electrons. The van der Waals surface area contributed by atoms with Crippen LogP contribution >= 0.6 is 0 Å². The second-order valence-electron chi connectivity index (χ2n) is 3.79. The molecule has 0 saturated heterocycles. The number of benzene rings is 1. The highest BCUT2D eigenvalue weighted by Gasteiger charge is 2.11. The molecule has 0 aliphatic rings. The Hall–Kier alpha value is -2.23. The molecular formula is C14H14O4. The lowest BCUT2D eigenvalue weighted by Gasteiger charge is -2.08. The van der Waals surface area contributed by atoms with Crippen molar-refractivity contribution >= 4 is 5.78 Å². The third kappa shape index (κ3) is 2.22. The smallest absolute Gasteiger partial charge is 0.194 e. The summed E-state index contributed by atoms with van der Waals surface area (Å²) in [5.41, 5.74) is 0.833. The molecule has 0 radical (unpaired) electrons. The second-order valence-corrected chi connectivity index (χ2v) is 3.79. The van der Waals surface area contributed by atoms with E-state index in [0.717, 1.165) is 5.56 Å². The van der Waals surface area contributed by atoms with Crippen LogP contribution in [0.2, 0.25) is 0 Å². The predicted octanol–water partition coefficient (Wildman–Crippen LogP) is 3.17. The molecule has 0 spiro atoms. The van der Waals surface area contributed by atoms with E-state index in [4.69, 9.17) is 13.9 Å². The minimum atomic E-state index is -0.0956. The van der Waals surface area contributed by atoms with Gasteiger partial charge in [-0.05, 0) is 30.3 Å². The minimum absolute atomic E-state index is 0.0956. The third-order valence-corrected chi connectivity index (χ3v) is 2.62. The number of hydrogen-bond donors (Lipinski definition) is 0. The largest absolute Gasteiger partial charge is 0.493 e. The molecule has 0 unspecified atom stereocenters. The Balaban J connectivity index is 2.41. The third-order valence-electron chi connectivity index (χ3n) is 2.62. The maximum Gasteiger partial charge on any atom is 0.194 e. The van der Waals surface area contributed by atoms with Crippen LogP contribution in [0.4, 0.5) is 0 Å². The van der Waals surface area contributed by atoms with Crippen molar-refractivity contribution in [3.63, 3.8) is 0 Å². The molecule has 0 N–H and O–H groups in total. The van der Waals surface area contributed by atoms with Gasteiger partial charge in [-0.25, -0.2) is 0 Å². The SMILES string of the molecule is COc1ccc(-c2ccc(C(C)=O)o2)cc1OC. The molecule has 0 amide bonds. The van der Waals surface area contributed by atoms with E-state index in [1.54, 1.807) is 32.4 Å². The summed E-state index contributed by atoms with van der Waals surface area (Å²) in [6, 6.07) is 8.88. The van der Waals surface area contributed by atoms with Crippen molar-refractivity contribution in [2.45, 2.75) is 6.92 Å². The summed E-state index contributed by atoms with van der Waals surface area (Å²) in [6.07, 6.45) is 0. The van der Waals surface area contributed by atoms with E-state index in [2.05, 4.69) is 0 Å². The first-order valence-electron chi connectivity index (χ1n) is 5.49. The molecule has 0 aliphatic carbocycles. The number of carbonyl (C=O) groups excluding carboxylic acids is 1. The van der Waals surface area contributed by atoms with Gasteiger partial charge >= 0.3 is 0 Å². The van der Waals surface area contributed by atoms with Crippen LogP contribution < -0.4 is 9.47 Å². The van der Waals surface area contributed by atoms with Crippen molar-refractivity contribution in [3.05, 3.63) is 36.1 Å². The Morgan fingerprint density at radius 2 is 1.78 bits per heavy atom. The Kier molecular flexibility index (Phi) is 3.37. The second kappa shape index (κ2) is 4.96. The van der Waals surface area contributed by atoms with Crippen molar-refractivity contribution in [3.8, 4) is 22.8 Å². The number of methoxy groups -OCH3 is 2. The van der Waals surface area contributed by atoms with Crippen LogP contribution in [0.1, 0.15) is 17.5 Å². The standard InChI is InChI=1S/C14H14O4/c1-9(15)11-6-7-12(18-11)10-4-5-13(16-2)14(8-10)17-3/h4-8H,1-3H3. The fourth-order valence-corrected chi connectivity index (χ4v) is 1.67. The van der Waals surface area contributed by atoms with Gasteiger partial charge in [-0.1, -0.05) is 0 Å². The monoisotopic (exact) mass is 246 g/mol. The first-order valence-corrected chi connectivity index (χ1v) is 5.49. The van der Waals surface area contributed by atoms with Crippen LogP contribution in [-0.2, 0) is 0 Å². The van der Waals surface area contributed by atoms with Gasteiger partial charge in [0.05, 0.1) is 14.2 Å². The van der Waals surface area contributed by atoms with E-state index in [-0.39, 0.29) is 5.78 Å². The highest BCUT2D eigenvalue weighted by molar-refractivity contribution is 5.91. The fourth-order valence-electron chi connectivity index (χ4n) is 1.67. The van der Waals surface area contributed by atoms with Gasteiger partial charge in [0.2, 0.25) is 0 Å². The molecule has 4 heteroatoms. The van der Waals surface area contributed by atoms with Crippen LogP contribution in [0.3, 0.4) is 0 Å². The number of Topliss-reactive ketones (excluding diaryl/α,β-unsaturated/α-hetero) is 1. The zero-order valence-corrected chi connectivity index (χ0v) is 10.5. The van der Waals surface area contributed by atoms with Crippen molar-refractivity contribution in [2.24, 2.45) is 0 Å². The number of furan rings is 1. The summed E-state index contributed by atoms with van der Waals surface area (Å²) in [4.78, 5) is 11.2. The summed E-state index contributed by atoms with van der Waals surface area (Å²) in [6.45, 7) is 1.47. The summed E-state index contributed by atoms with van der Waals surface area (Å²) >= 11 is 0. The Labute approximate surface area is 105 Å². The van der Waals surface area contributed by atoms with E-state index in [9.17, 15) is 4.79 Å². The van der Waals surface area contributed by atoms with E-state index >= 15 is 0 Å². The van der Waals surface area contributed by atoms with Crippen LogP contribution in [0.15, 0.2) is 34.7 Å². The quantitative estimate of drug-likeness (QED) is 0.777. The number of ether oxygens (including phenoxy) is 2. The molecule has 1 aromatic carbocycles. The molecule has 0 saturated carbocycles. The first kappa shape index (κ1) is 12.2. The van der Waals surface area contributed by atoms with Crippen molar-refractivity contribution in [1.82, 2.24) is 0 Å². The normalized spacial score (nSPS) is 10.2. The molecule has 1 aromatic heterocycles. The zero-order chi connectivity index (χ0) is 13.1. The summed E-state index contributed by atoms with van der Waals surface area (Å²) in [5, 5.41) is 0. The van der Waals surface area contributed by atoms with Gasteiger partial charge in [0.25, 0.3) is 0 Å². The average Bonchev–Trinajstić information content (AvgIpc) is 2.87. The molecule has 18 heavy (non-hydrogen) atoms. The molecule has 2 aromatic rings. The molecule has 2 rings (SSSR count). The van der Waals surface area contributed by atoms with Crippen LogP contribution in [-0.4, -0.2) is 20.0 Å². The van der Waals surface area contributed by atoms with E-state index in [1.165, 1.54) is 6.92 Å². The molecule has 0 fully saturated rings. The van der Waals surface area contributed by atoms with Crippen LogP contribution in [0.25, 0.3) is 11.3 Å². The minimum Gasteiger partial charge on any atom is -0.493 e. The molecule has 0 aliphatic heterocycles. The number of rotatable bonds is 4. The fraction of sp³-hybridized carbons (Fsp3) is 0.214. The van der Waals surface area contributed by atoms with Crippen molar-refractivity contribution < 1.29 is 18.7 Å². The van der Waals surface area contributed by atoms with Crippen LogP contribution in [0.5, 0.6) is 11.5 Å². The van der Waals surface area contributed by atoms with E-state index in [0.29, 0.717) is 23.0 Å². The summed E-state index contributed by atoms with van der Waals surface area (Å²) in [7, 11) is 3.16.